The molecule has 0 saturated heterocycles. The van der Waals surface area contributed by atoms with Gasteiger partial charge in [0.1, 0.15) is 5.75 Å². The highest BCUT2D eigenvalue weighted by atomic mass is 79.9. The van der Waals surface area contributed by atoms with E-state index in [1.54, 1.807) is 13.2 Å². The molecule has 6 heteroatoms. The van der Waals surface area contributed by atoms with Gasteiger partial charge in [-0.25, -0.2) is 0 Å². The lowest BCUT2D eigenvalue weighted by Gasteiger charge is -2.09. The summed E-state index contributed by atoms with van der Waals surface area (Å²) in [4.78, 5) is 27.0. The Kier molecular flexibility index (Phi) is 4.66. The van der Waals surface area contributed by atoms with Crippen molar-refractivity contribution in [3.63, 3.8) is 0 Å². The molecule has 0 aliphatic rings. The lowest BCUT2D eigenvalue weighted by atomic mass is 10.1. The van der Waals surface area contributed by atoms with E-state index in [4.69, 9.17) is 4.74 Å². The summed E-state index contributed by atoms with van der Waals surface area (Å²) < 4.78 is 5.95. The number of hydrogen-bond acceptors (Lipinski definition) is 3. The second-order valence-electron chi connectivity index (χ2n) is 5.27. The molecular formula is C18H15BrN2O3. The van der Waals surface area contributed by atoms with Gasteiger partial charge in [-0.15, -0.1) is 0 Å². The van der Waals surface area contributed by atoms with E-state index < -0.39 is 0 Å². The number of ether oxygens (including phenoxy) is 1. The molecule has 0 bridgehead atoms. The lowest BCUT2D eigenvalue weighted by molar-refractivity contribution is 0.0952. The van der Waals surface area contributed by atoms with Crippen molar-refractivity contribution in [2.45, 2.75) is 6.54 Å². The van der Waals surface area contributed by atoms with Crippen LogP contribution in [0.5, 0.6) is 5.75 Å². The summed E-state index contributed by atoms with van der Waals surface area (Å²) in [6.45, 7) is 0.366. The third-order valence-electron chi connectivity index (χ3n) is 3.66. The first kappa shape index (κ1) is 16.3. The molecule has 5 nitrogen and oxygen atoms in total. The second-order valence-corrected chi connectivity index (χ2v) is 6.18. The number of carbonyl (C=O) groups excluding carboxylic acids is 1. The third kappa shape index (κ3) is 3.49. The van der Waals surface area contributed by atoms with Crippen molar-refractivity contribution >= 4 is 32.7 Å². The number of amides is 1. The van der Waals surface area contributed by atoms with Crippen LogP contribution in [0.25, 0.3) is 10.9 Å². The summed E-state index contributed by atoms with van der Waals surface area (Å²) in [5, 5.41) is 3.53. The Morgan fingerprint density at radius 2 is 1.92 bits per heavy atom. The van der Waals surface area contributed by atoms with Crippen LogP contribution in [-0.4, -0.2) is 18.0 Å². The van der Waals surface area contributed by atoms with Crippen LogP contribution in [0.2, 0.25) is 0 Å². The second kappa shape index (κ2) is 6.88. The van der Waals surface area contributed by atoms with Crippen molar-refractivity contribution in [2.24, 2.45) is 0 Å². The Labute approximate surface area is 146 Å². The Balaban J connectivity index is 1.85. The topological polar surface area (TPSA) is 71.2 Å². The summed E-state index contributed by atoms with van der Waals surface area (Å²) in [5.41, 5.74) is 1.61. The molecule has 0 radical (unpaired) electrons. The number of nitrogens with one attached hydrogen (secondary N) is 2. The predicted molar refractivity (Wildman–Crippen MR) is 96.4 cm³/mol. The maximum atomic E-state index is 12.5. The number of benzene rings is 2. The largest absolute Gasteiger partial charge is 0.497 e. The molecule has 1 heterocycles. The number of aromatic amines is 1. The van der Waals surface area contributed by atoms with Crippen molar-refractivity contribution in [1.82, 2.24) is 10.3 Å². The highest BCUT2D eigenvalue weighted by molar-refractivity contribution is 9.10. The van der Waals surface area contributed by atoms with Crippen LogP contribution in [0.1, 0.15) is 15.9 Å². The molecule has 1 amide bonds. The number of aromatic nitrogens is 1. The maximum absolute atomic E-state index is 12.5. The van der Waals surface area contributed by atoms with Crippen molar-refractivity contribution in [2.75, 3.05) is 7.11 Å². The minimum Gasteiger partial charge on any atom is -0.497 e. The van der Waals surface area contributed by atoms with Gasteiger partial charge in [0.2, 0.25) is 5.56 Å². The van der Waals surface area contributed by atoms with Gasteiger partial charge in [0.05, 0.1) is 12.7 Å². The summed E-state index contributed by atoms with van der Waals surface area (Å²) in [5.74, 6) is 0.468. The molecular weight excluding hydrogens is 372 g/mol. The summed E-state index contributed by atoms with van der Waals surface area (Å²) in [6, 6.07) is 14.1. The van der Waals surface area contributed by atoms with Gasteiger partial charge in [-0.3, -0.25) is 9.59 Å². The number of hydrogen-bond donors (Lipinski definition) is 2. The van der Waals surface area contributed by atoms with E-state index in [0.717, 1.165) is 15.8 Å². The van der Waals surface area contributed by atoms with E-state index >= 15 is 0 Å². The fraction of sp³-hybridized carbons (Fsp3) is 0.111. The average molecular weight is 387 g/mol. The van der Waals surface area contributed by atoms with Crippen LogP contribution in [0, 0.1) is 0 Å². The summed E-state index contributed by atoms with van der Waals surface area (Å²) in [7, 11) is 1.60. The highest BCUT2D eigenvalue weighted by Crippen LogP contribution is 2.20. The van der Waals surface area contributed by atoms with E-state index in [1.165, 1.54) is 6.07 Å². The minimum absolute atomic E-state index is 0.292. The number of pyridine rings is 1. The lowest BCUT2D eigenvalue weighted by Crippen LogP contribution is -2.24. The molecule has 2 N–H and O–H groups in total. The molecule has 122 valence electrons. The molecule has 1 aromatic heterocycles. The van der Waals surface area contributed by atoms with Crippen molar-refractivity contribution < 1.29 is 9.53 Å². The molecule has 0 saturated carbocycles. The molecule has 3 rings (SSSR count). The fourth-order valence-electron chi connectivity index (χ4n) is 2.43. The van der Waals surface area contributed by atoms with Gasteiger partial charge < -0.3 is 15.0 Å². The van der Waals surface area contributed by atoms with Crippen molar-refractivity contribution in [3.05, 3.63) is 74.5 Å². The molecule has 0 spiro atoms. The zero-order valence-electron chi connectivity index (χ0n) is 12.9. The minimum atomic E-state index is -0.306. The van der Waals surface area contributed by atoms with Crippen molar-refractivity contribution in [1.29, 1.82) is 0 Å². The highest BCUT2D eigenvalue weighted by Gasteiger charge is 2.12. The van der Waals surface area contributed by atoms with Crippen molar-refractivity contribution in [3.8, 4) is 5.75 Å². The zero-order valence-corrected chi connectivity index (χ0v) is 14.5. The van der Waals surface area contributed by atoms with Gasteiger partial charge >= 0.3 is 0 Å². The van der Waals surface area contributed by atoms with Gasteiger partial charge in [-0.1, -0.05) is 28.1 Å². The van der Waals surface area contributed by atoms with Crippen LogP contribution >= 0.6 is 15.9 Å². The summed E-state index contributed by atoms with van der Waals surface area (Å²) >= 11 is 3.39. The SMILES string of the molecule is COc1ccc(CNC(=O)c2cc(=O)[nH]c3ccc(Br)cc23)cc1. The molecule has 0 unspecified atom stereocenters. The smallest absolute Gasteiger partial charge is 0.252 e. The van der Waals surface area contributed by atoms with E-state index in [9.17, 15) is 9.59 Å². The first-order valence-corrected chi connectivity index (χ1v) is 8.10. The van der Waals surface area contributed by atoms with Crippen LogP contribution in [-0.2, 0) is 6.54 Å². The van der Waals surface area contributed by atoms with E-state index in [-0.39, 0.29) is 11.5 Å². The average Bonchev–Trinajstić information content (AvgIpc) is 2.59. The standard InChI is InChI=1S/C18H15BrN2O3/c1-24-13-5-2-11(3-6-13)10-20-18(23)15-9-17(22)21-16-7-4-12(19)8-14(15)16/h2-9H,10H2,1H3,(H,20,23)(H,21,22). The Morgan fingerprint density at radius 1 is 1.17 bits per heavy atom. The number of halogens is 1. The monoisotopic (exact) mass is 386 g/mol. The van der Waals surface area contributed by atoms with Crippen LogP contribution in [0.3, 0.4) is 0 Å². The number of methoxy groups -OCH3 is 1. The van der Waals surface area contributed by atoms with Gasteiger partial charge in [0, 0.05) is 28.0 Å². The number of fused-ring (bicyclic) bond motifs is 1. The number of H-pyrrole nitrogens is 1. The molecule has 0 aliphatic heterocycles. The predicted octanol–water partition coefficient (Wildman–Crippen LogP) is 3.23. The van der Waals surface area contributed by atoms with Gasteiger partial charge in [-0.2, -0.15) is 0 Å². The number of rotatable bonds is 4. The third-order valence-corrected chi connectivity index (χ3v) is 4.16. The normalized spacial score (nSPS) is 10.6. The molecule has 0 atom stereocenters. The Morgan fingerprint density at radius 3 is 2.62 bits per heavy atom. The Bertz CT molecular complexity index is 949. The Hall–Kier alpha value is -2.60. The summed E-state index contributed by atoms with van der Waals surface area (Å²) in [6.07, 6.45) is 0. The van der Waals surface area contributed by atoms with E-state index in [1.807, 2.05) is 36.4 Å². The molecule has 24 heavy (non-hydrogen) atoms. The van der Waals surface area contributed by atoms with Crippen LogP contribution in [0.4, 0.5) is 0 Å². The van der Waals surface area contributed by atoms with Gasteiger partial charge in [0.15, 0.2) is 0 Å². The van der Waals surface area contributed by atoms with Crippen LogP contribution < -0.4 is 15.6 Å². The van der Waals surface area contributed by atoms with E-state index in [0.29, 0.717) is 23.0 Å². The molecule has 3 aromatic rings. The number of carbonyl (C=O) groups is 1. The zero-order chi connectivity index (χ0) is 17.1. The first-order valence-electron chi connectivity index (χ1n) is 7.30. The fourth-order valence-corrected chi connectivity index (χ4v) is 2.80. The quantitative estimate of drug-likeness (QED) is 0.722. The van der Waals surface area contributed by atoms with E-state index in [2.05, 4.69) is 26.2 Å². The van der Waals surface area contributed by atoms with Gasteiger partial charge in [-0.05, 0) is 35.9 Å². The molecule has 2 aromatic carbocycles. The molecule has 0 fully saturated rings. The van der Waals surface area contributed by atoms with Crippen LogP contribution in [0.15, 0.2) is 57.8 Å². The first-order chi connectivity index (χ1) is 11.6. The van der Waals surface area contributed by atoms with Gasteiger partial charge in [0.25, 0.3) is 5.91 Å². The maximum Gasteiger partial charge on any atom is 0.252 e. The molecule has 0 aliphatic carbocycles.